The normalized spacial score (nSPS) is 13.6. The van der Waals surface area contributed by atoms with E-state index in [2.05, 4.69) is 51.5 Å². The van der Waals surface area contributed by atoms with Crippen molar-refractivity contribution >= 4 is 40.5 Å². The Morgan fingerprint density at radius 3 is 2.53 bits per heavy atom. The minimum absolute atomic E-state index is 0. The van der Waals surface area contributed by atoms with Gasteiger partial charge in [0.2, 0.25) is 0 Å². The number of aromatic nitrogens is 3. The summed E-state index contributed by atoms with van der Waals surface area (Å²) in [4.78, 5) is 8.27. The van der Waals surface area contributed by atoms with E-state index in [0.29, 0.717) is 16.9 Å². The molecule has 0 aliphatic carbocycles. The number of rotatable bonds is 4. The van der Waals surface area contributed by atoms with Crippen molar-refractivity contribution in [2.24, 2.45) is 0 Å². The molecule has 34 heavy (non-hydrogen) atoms. The van der Waals surface area contributed by atoms with Gasteiger partial charge in [0.1, 0.15) is 6.07 Å². The van der Waals surface area contributed by atoms with Crippen molar-refractivity contribution in [3.05, 3.63) is 65.9 Å². The van der Waals surface area contributed by atoms with E-state index in [9.17, 15) is 5.26 Å². The number of fused-ring (bicyclic) bond motifs is 1. The van der Waals surface area contributed by atoms with Crippen LogP contribution in [-0.4, -0.2) is 28.3 Å². The van der Waals surface area contributed by atoms with Crippen molar-refractivity contribution < 1.29 is 4.42 Å². The van der Waals surface area contributed by atoms with Crippen LogP contribution in [0.3, 0.4) is 0 Å². The number of halogens is 1. The highest BCUT2D eigenvalue weighted by atomic mass is 35.5. The monoisotopic (exact) mass is 487 g/mol. The van der Waals surface area contributed by atoms with Gasteiger partial charge in [-0.2, -0.15) is 10.4 Å². The molecule has 170 valence electrons. The Morgan fingerprint density at radius 2 is 1.85 bits per heavy atom. The van der Waals surface area contributed by atoms with Gasteiger partial charge >= 0.3 is 0 Å². The maximum absolute atomic E-state index is 10.3. The van der Waals surface area contributed by atoms with Gasteiger partial charge in [0.15, 0.2) is 5.65 Å². The van der Waals surface area contributed by atoms with Gasteiger partial charge in [-0.05, 0) is 54.5 Å². The second-order valence-electron chi connectivity index (χ2n) is 8.20. The number of benzene rings is 1. The Hall–Kier alpha value is -3.60. The highest BCUT2D eigenvalue weighted by Crippen LogP contribution is 2.41. The molecule has 0 spiro atoms. The minimum Gasteiger partial charge on any atom is -0.472 e. The number of piperidine rings is 1. The quantitative estimate of drug-likeness (QED) is 0.298. The number of furan rings is 1. The van der Waals surface area contributed by atoms with Gasteiger partial charge in [-0.15, -0.1) is 23.7 Å². The van der Waals surface area contributed by atoms with Crippen LogP contribution in [0.5, 0.6) is 0 Å². The molecule has 0 saturated carbocycles. The minimum atomic E-state index is 0. The van der Waals surface area contributed by atoms with Crippen molar-refractivity contribution in [2.75, 3.05) is 18.0 Å². The van der Waals surface area contributed by atoms with E-state index in [1.807, 2.05) is 17.5 Å². The molecular formula is C26H22ClN5OS. The van der Waals surface area contributed by atoms with Gasteiger partial charge in [0.05, 0.1) is 39.7 Å². The fourth-order valence-corrected chi connectivity index (χ4v) is 5.38. The third-order valence-electron chi connectivity index (χ3n) is 6.25. The number of anilines is 1. The smallest absolute Gasteiger partial charge is 0.182 e. The first-order valence-corrected chi connectivity index (χ1v) is 12.0. The zero-order valence-electron chi connectivity index (χ0n) is 18.3. The number of H-pyrrole nitrogens is 1. The Kier molecular flexibility index (Phi) is 6.10. The Labute approximate surface area is 207 Å². The van der Waals surface area contributed by atoms with Gasteiger partial charge in [-0.3, -0.25) is 5.10 Å². The lowest BCUT2D eigenvalue weighted by atomic mass is 9.93. The predicted octanol–water partition coefficient (Wildman–Crippen LogP) is 6.90. The van der Waals surface area contributed by atoms with Gasteiger partial charge in [-0.1, -0.05) is 18.2 Å². The van der Waals surface area contributed by atoms with E-state index < -0.39 is 0 Å². The van der Waals surface area contributed by atoms with Crippen molar-refractivity contribution in [1.29, 1.82) is 5.26 Å². The highest BCUT2D eigenvalue weighted by molar-refractivity contribution is 7.13. The molecule has 4 aromatic heterocycles. The van der Waals surface area contributed by atoms with Gasteiger partial charge < -0.3 is 9.32 Å². The van der Waals surface area contributed by atoms with Crippen LogP contribution < -0.4 is 4.90 Å². The zero-order chi connectivity index (χ0) is 22.2. The molecule has 8 heteroatoms. The molecule has 1 aliphatic rings. The molecule has 0 radical (unpaired) electrons. The Bertz CT molecular complexity index is 1440. The van der Waals surface area contributed by atoms with E-state index in [0.717, 1.165) is 45.7 Å². The number of nitrogens with zero attached hydrogens (tertiary/aromatic N) is 4. The SMILES string of the molecule is Cl.N#Cc1c(-c2ccoc2)nc2n[nH]c(-c3cccs3)c2c1-c1ccc(N2CCCCC2)cc1. The molecule has 1 fully saturated rings. The summed E-state index contributed by atoms with van der Waals surface area (Å²) in [6.07, 6.45) is 6.98. The van der Waals surface area contributed by atoms with Crippen LogP contribution in [0.2, 0.25) is 0 Å². The predicted molar refractivity (Wildman–Crippen MR) is 138 cm³/mol. The Balaban J connectivity index is 0.00000241. The van der Waals surface area contributed by atoms with Gasteiger partial charge in [-0.25, -0.2) is 4.98 Å². The second kappa shape index (κ2) is 9.34. The van der Waals surface area contributed by atoms with Crippen molar-refractivity contribution in [2.45, 2.75) is 19.3 Å². The molecule has 0 amide bonds. The largest absolute Gasteiger partial charge is 0.472 e. The van der Waals surface area contributed by atoms with Crippen LogP contribution in [0.15, 0.2) is 64.8 Å². The van der Waals surface area contributed by atoms with Crippen LogP contribution in [0.4, 0.5) is 5.69 Å². The molecule has 0 unspecified atom stereocenters. The molecule has 5 aromatic rings. The lowest BCUT2D eigenvalue weighted by molar-refractivity contribution is 0.568. The fraction of sp³-hybridized carbons (Fsp3) is 0.192. The maximum Gasteiger partial charge on any atom is 0.182 e. The van der Waals surface area contributed by atoms with Crippen LogP contribution in [0, 0.1) is 11.3 Å². The van der Waals surface area contributed by atoms with Crippen molar-refractivity contribution in [3.63, 3.8) is 0 Å². The topological polar surface area (TPSA) is 81.7 Å². The fourth-order valence-electron chi connectivity index (χ4n) is 4.65. The summed E-state index contributed by atoms with van der Waals surface area (Å²) >= 11 is 1.63. The second-order valence-corrected chi connectivity index (χ2v) is 9.15. The molecule has 1 N–H and O–H groups in total. The maximum atomic E-state index is 10.3. The van der Waals surface area contributed by atoms with Crippen LogP contribution >= 0.6 is 23.7 Å². The number of aromatic amines is 1. The number of hydrogen-bond donors (Lipinski definition) is 1. The summed E-state index contributed by atoms with van der Waals surface area (Å²) in [6, 6.07) is 16.9. The lowest BCUT2D eigenvalue weighted by Gasteiger charge is -2.29. The highest BCUT2D eigenvalue weighted by Gasteiger charge is 2.24. The number of hydrogen-bond acceptors (Lipinski definition) is 6. The summed E-state index contributed by atoms with van der Waals surface area (Å²) in [6.45, 7) is 2.19. The molecule has 1 aromatic carbocycles. The van der Waals surface area contributed by atoms with Crippen LogP contribution in [0.1, 0.15) is 24.8 Å². The molecule has 6 nitrogen and oxygen atoms in total. The average Bonchev–Trinajstić information content (AvgIpc) is 3.65. The van der Waals surface area contributed by atoms with Crippen LogP contribution in [-0.2, 0) is 0 Å². The van der Waals surface area contributed by atoms with Gasteiger partial charge in [0.25, 0.3) is 0 Å². The molecule has 5 heterocycles. The molecule has 6 rings (SSSR count). The van der Waals surface area contributed by atoms with E-state index in [1.54, 1.807) is 23.9 Å². The molecule has 0 atom stereocenters. The van der Waals surface area contributed by atoms with Gasteiger partial charge in [0, 0.05) is 29.9 Å². The first kappa shape index (κ1) is 22.2. The number of thiophene rings is 1. The first-order valence-electron chi connectivity index (χ1n) is 11.1. The molecule has 0 bridgehead atoms. The third-order valence-corrected chi connectivity index (χ3v) is 7.14. The summed E-state index contributed by atoms with van der Waals surface area (Å²) in [5, 5.41) is 20.9. The summed E-state index contributed by atoms with van der Waals surface area (Å²) in [7, 11) is 0. The summed E-state index contributed by atoms with van der Waals surface area (Å²) in [5.41, 5.74) is 6.39. The summed E-state index contributed by atoms with van der Waals surface area (Å²) < 4.78 is 5.29. The molecule has 1 aliphatic heterocycles. The van der Waals surface area contributed by atoms with Crippen molar-refractivity contribution in [1.82, 2.24) is 15.2 Å². The molecular weight excluding hydrogens is 466 g/mol. The first-order chi connectivity index (χ1) is 16.3. The van der Waals surface area contributed by atoms with Crippen molar-refractivity contribution in [3.8, 4) is 39.0 Å². The van der Waals surface area contributed by atoms with E-state index in [-0.39, 0.29) is 12.4 Å². The molecule has 1 saturated heterocycles. The number of nitriles is 1. The van der Waals surface area contributed by atoms with E-state index in [4.69, 9.17) is 9.40 Å². The lowest BCUT2D eigenvalue weighted by Crippen LogP contribution is -2.29. The summed E-state index contributed by atoms with van der Waals surface area (Å²) in [5.74, 6) is 0. The third kappa shape index (κ3) is 3.75. The van der Waals surface area contributed by atoms with E-state index >= 15 is 0 Å². The standard InChI is InChI=1S/C26H21N5OS.ClH/c27-15-20-22(17-6-8-19(9-7-17)31-11-2-1-3-12-31)23-25(21-5-4-14-33-21)29-30-26(23)28-24(20)18-10-13-32-16-18;/h4-10,13-14,16H,1-3,11-12H2,(H,28,29,30);1H. The zero-order valence-corrected chi connectivity index (χ0v) is 20.0. The average molecular weight is 488 g/mol. The number of pyridine rings is 1. The Morgan fingerprint density at radius 1 is 1.03 bits per heavy atom. The van der Waals surface area contributed by atoms with E-state index in [1.165, 1.54) is 24.9 Å². The number of nitrogens with one attached hydrogen (secondary N) is 1. The van der Waals surface area contributed by atoms with Crippen LogP contribution in [0.25, 0.3) is 44.0 Å².